The van der Waals surface area contributed by atoms with Crippen molar-refractivity contribution in [1.82, 2.24) is 0 Å². The molecule has 16 nitrogen and oxygen atoms in total. The molecule has 57 heavy (non-hydrogen) atoms. The molecule has 0 saturated carbocycles. The number of carbonyl (C=O) groups excluding carboxylic acids is 6. The third-order valence-electron chi connectivity index (χ3n) is 8.08. The summed E-state index contributed by atoms with van der Waals surface area (Å²) in [7, 11) is 0. The zero-order chi connectivity index (χ0) is 41.2. The van der Waals surface area contributed by atoms with Crippen molar-refractivity contribution in [2.45, 2.75) is 29.8 Å². The Morgan fingerprint density at radius 3 is 1.12 bits per heavy atom. The Morgan fingerprint density at radius 1 is 0.421 bits per heavy atom. The fraction of sp³-hybridized carbons (Fsp3) is 0.122. The zero-order valence-electron chi connectivity index (χ0n) is 29.3. The van der Waals surface area contributed by atoms with Gasteiger partial charge in [0.2, 0.25) is 6.29 Å². The van der Waals surface area contributed by atoms with E-state index in [-0.39, 0.29) is 11.1 Å². The second-order valence-electron chi connectivity index (χ2n) is 11.9. The van der Waals surface area contributed by atoms with Crippen LogP contribution in [0.3, 0.4) is 0 Å². The molecule has 0 radical (unpaired) electrons. The van der Waals surface area contributed by atoms with Crippen molar-refractivity contribution in [1.29, 1.82) is 0 Å². The largest absolute Gasteiger partial charge is 0.429 e. The highest BCUT2D eigenvalue weighted by atomic mass is 16.8. The van der Waals surface area contributed by atoms with Gasteiger partial charge < -0.3 is 49.2 Å². The first-order valence-electron chi connectivity index (χ1n) is 16.7. The highest BCUT2D eigenvalue weighted by Gasteiger charge is 2.79. The first kappa shape index (κ1) is 41.1. The highest BCUT2D eigenvalue weighted by molar-refractivity contribution is 6.01. The van der Waals surface area contributed by atoms with E-state index in [4.69, 9.17) is 23.7 Å². The molecule has 0 spiro atoms. The van der Waals surface area contributed by atoms with Gasteiger partial charge in [0, 0.05) is 0 Å². The molecule has 0 amide bonds. The molecule has 0 aromatic heterocycles. The lowest BCUT2D eigenvalue weighted by atomic mass is 9.89. The van der Waals surface area contributed by atoms with Crippen LogP contribution in [0.5, 0.6) is 0 Å². The van der Waals surface area contributed by atoms with Gasteiger partial charge in [0.05, 0.1) is 27.8 Å². The molecule has 292 valence electrons. The maximum atomic E-state index is 14.1. The van der Waals surface area contributed by atoms with Crippen LogP contribution in [-0.4, -0.2) is 91.1 Å². The third-order valence-corrected chi connectivity index (χ3v) is 8.08. The fourth-order valence-electron chi connectivity index (χ4n) is 5.07. The Labute approximate surface area is 322 Å². The van der Waals surface area contributed by atoms with E-state index in [9.17, 15) is 54.3 Å². The summed E-state index contributed by atoms with van der Waals surface area (Å²) in [4.78, 5) is 81.2. The molecule has 5 atom stereocenters. The summed E-state index contributed by atoms with van der Waals surface area (Å²) in [5, 5.41) is 60.0. The predicted molar refractivity (Wildman–Crippen MR) is 191 cm³/mol. The molecule has 5 aromatic carbocycles. The van der Waals surface area contributed by atoms with Crippen LogP contribution in [0, 0.1) is 0 Å². The van der Waals surface area contributed by atoms with Crippen molar-refractivity contribution in [3.8, 4) is 0 Å². The van der Waals surface area contributed by atoms with Crippen molar-refractivity contribution in [3.63, 3.8) is 0 Å². The summed E-state index contributed by atoms with van der Waals surface area (Å²) >= 11 is 0. The van der Waals surface area contributed by atoms with Gasteiger partial charge in [-0.2, -0.15) is 0 Å². The van der Waals surface area contributed by atoms with Crippen LogP contribution in [-0.2, 0) is 28.5 Å². The first-order valence-corrected chi connectivity index (χ1v) is 16.7. The van der Waals surface area contributed by atoms with Crippen LogP contribution in [0.4, 0.5) is 0 Å². The lowest BCUT2D eigenvalue weighted by molar-refractivity contribution is -0.455. The smallest absolute Gasteiger partial charge is 0.395 e. The van der Waals surface area contributed by atoms with Crippen molar-refractivity contribution >= 4 is 35.8 Å². The lowest BCUT2D eigenvalue weighted by Gasteiger charge is -2.48. The minimum atomic E-state index is -4.89. The summed E-state index contributed by atoms with van der Waals surface area (Å²) < 4.78 is 24.9. The molecule has 1 unspecified atom stereocenters. The molecule has 0 fully saturated rings. The topological polar surface area (TPSA) is 250 Å². The number of hydrogen-bond acceptors (Lipinski definition) is 16. The molecule has 0 heterocycles. The van der Waals surface area contributed by atoms with Gasteiger partial charge in [0.25, 0.3) is 0 Å². The molecule has 16 heteroatoms. The predicted octanol–water partition coefficient (Wildman–Crippen LogP) is 2.54. The molecular formula is C41H32O16. The summed E-state index contributed by atoms with van der Waals surface area (Å²) in [6, 6.07) is 31.8. The van der Waals surface area contributed by atoms with Gasteiger partial charge in [-0.05, 0) is 60.7 Å². The molecule has 0 aliphatic rings. The third kappa shape index (κ3) is 8.91. The average molecular weight is 781 g/mol. The summed E-state index contributed by atoms with van der Waals surface area (Å²) in [5.74, 6) is -25.0. The molecule has 0 aliphatic carbocycles. The number of carbonyl (C=O) groups is 6. The van der Waals surface area contributed by atoms with Crippen LogP contribution in [0.2, 0.25) is 0 Å². The van der Waals surface area contributed by atoms with E-state index >= 15 is 0 Å². The number of ether oxygens (including phenoxy) is 5. The van der Waals surface area contributed by atoms with Gasteiger partial charge in [-0.3, -0.25) is 0 Å². The maximum Gasteiger partial charge on any atom is 0.395 e. The van der Waals surface area contributed by atoms with Gasteiger partial charge in [0.15, 0.2) is 6.10 Å². The van der Waals surface area contributed by atoms with Crippen molar-refractivity contribution in [2.75, 3.05) is 0 Å². The van der Waals surface area contributed by atoms with E-state index in [1.165, 1.54) is 103 Å². The second kappa shape index (κ2) is 17.6. The van der Waals surface area contributed by atoms with Crippen LogP contribution in [0.1, 0.15) is 51.8 Å². The standard InChI is InChI=1S/C41H32O16/c42-31(37(48)53-32(43)26-16-6-1-7-17-26)39(50,55-34(45)28-20-10-3-11-21-28)41(52,57-36(47)30-24-14-5-15-25-30)40(51,56-35(46)29-22-12-4-13-23-29)38(49)54-33(44)27-18-8-2-9-19-27/h1-25,31,37,42,48,50-52H/t31-,37?,39+,40-,41-/m1/s1. The SMILES string of the molecule is O=C(OC(=O)[C@@](O)(OC(=O)c1ccccc1)[C@](O)(OC(=O)c1ccccc1)[C@@](O)(OC(=O)c1ccccc1)[C@H](O)C(O)OC(=O)c1ccccc1)c1ccccc1. The molecule has 5 rings (SSSR count). The number of aliphatic hydroxyl groups excluding tert-OH is 2. The van der Waals surface area contributed by atoms with Crippen molar-refractivity contribution in [3.05, 3.63) is 179 Å². The number of benzene rings is 5. The molecule has 5 N–H and O–H groups in total. The molecule has 0 aliphatic heterocycles. The van der Waals surface area contributed by atoms with Crippen molar-refractivity contribution in [2.24, 2.45) is 0 Å². The Morgan fingerprint density at radius 2 is 0.737 bits per heavy atom. The Balaban J connectivity index is 1.74. The minimum Gasteiger partial charge on any atom is -0.429 e. The van der Waals surface area contributed by atoms with Gasteiger partial charge in [-0.25, -0.2) is 28.8 Å². The fourth-order valence-corrected chi connectivity index (χ4v) is 5.07. The molecule has 0 bridgehead atoms. The van der Waals surface area contributed by atoms with Crippen LogP contribution >= 0.6 is 0 Å². The van der Waals surface area contributed by atoms with Gasteiger partial charge in [0.1, 0.15) is 0 Å². The molecule has 0 saturated heterocycles. The number of hydrogen-bond donors (Lipinski definition) is 5. The van der Waals surface area contributed by atoms with Crippen LogP contribution in [0.15, 0.2) is 152 Å². The normalized spacial score (nSPS) is 15.1. The number of esters is 6. The Hall–Kier alpha value is -7.08. The number of rotatable bonds is 14. The summed E-state index contributed by atoms with van der Waals surface area (Å²) in [6.07, 6.45) is -6.57. The second-order valence-corrected chi connectivity index (χ2v) is 11.9. The van der Waals surface area contributed by atoms with E-state index in [1.807, 2.05) is 0 Å². The first-order chi connectivity index (χ1) is 27.2. The van der Waals surface area contributed by atoms with Crippen LogP contribution < -0.4 is 0 Å². The van der Waals surface area contributed by atoms with E-state index < -0.39 is 82.3 Å². The maximum absolute atomic E-state index is 14.1. The van der Waals surface area contributed by atoms with E-state index in [2.05, 4.69) is 0 Å². The highest BCUT2D eigenvalue weighted by Crippen LogP contribution is 2.43. The summed E-state index contributed by atoms with van der Waals surface area (Å²) in [5.41, 5.74) is -2.06. The Kier molecular flexibility index (Phi) is 12.7. The average Bonchev–Trinajstić information content (AvgIpc) is 3.24. The van der Waals surface area contributed by atoms with Crippen molar-refractivity contribution < 1.29 is 78.0 Å². The lowest BCUT2D eigenvalue weighted by Crippen LogP contribution is -2.79. The molecular weight excluding hydrogens is 748 g/mol. The van der Waals surface area contributed by atoms with E-state index in [1.54, 1.807) is 0 Å². The Bertz CT molecular complexity index is 2200. The van der Waals surface area contributed by atoms with Gasteiger partial charge in [-0.1, -0.05) is 91.0 Å². The van der Waals surface area contributed by atoms with E-state index in [0.717, 1.165) is 48.5 Å². The minimum absolute atomic E-state index is 0.240. The van der Waals surface area contributed by atoms with E-state index in [0.29, 0.717) is 0 Å². The summed E-state index contributed by atoms with van der Waals surface area (Å²) in [6.45, 7) is 0. The quantitative estimate of drug-likeness (QED) is 0.0470. The number of aliphatic hydroxyl groups is 5. The van der Waals surface area contributed by atoms with Gasteiger partial charge >= 0.3 is 53.2 Å². The van der Waals surface area contributed by atoms with Gasteiger partial charge in [-0.15, -0.1) is 0 Å². The zero-order valence-corrected chi connectivity index (χ0v) is 29.3. The monoisotopic (exact) mass is 780 g/mol. The van der Waals surface area contributed by atoms with Crippen LogP contribution in [0.25, 0.3) is 0 Å². The molecule has 5 aromatic rings.